The molecule has 0 amide bonds. The third-order valence-corrected chi connectivity index (χ3v) is 3.81. The summed E-state index contributed by atoms with van der Waals surface area (Å²) in [5.41, 5.74) is 0.511. The lowest BCUT2D eigenvalue weighted by atomic mass is 9.97. The molecule has 1 aromatic carbocycles. The van der Waals surface area contributed by atoms with Crippen LogP contribution in [0.1, 0.15) is 49.6 Å². The molecule has 0 aliphatic carbocycles. The van der Waals surface area contributed by atoms with Crippen LogP contribution in [-0.4, -0.2) is 15.5 Å². The number of rotatable bonds is 5. The second-order valence-corrected chi connectivity index (χ2v) is 5.80. The van der Waals surface area contributed by atoms with E-state index >= 15 is 0 Å². The van der Waals surface area contributed by atoms with E-state index in [0.29, 0.717) is 17.7 Å². The summed E-state index contributed by atoms with van der Waals surface area (Å²) in [5, 5.41) is 11.3. The molecule has 6 nitrogen and oxygen atoms in total. The molecule has 0 aliphatic heterocycles. The highest BCUT2D eigenvalue weighted by atomic mass is 16.4. The number of nitrogens with zero attached hydrogens (tertiary/aromatic N) is 1. The Balaban J connectivity index is 2.75. The molecule has 23 heavy (non-hydrogen) atoms. The van der Waals surface area contributed by atoms with Gasteiger partial charge in [0.25, 0.3) is 5.56 Å². The molecule has 0 saturated heterocycles. The summed E-state index contributed by atoms with van der Waals surface area (Å²) in [6.07, 6.45) is 0.297. The van der Waals surface area contributed by atoms with Crippen molar-refractivity contribution >= 4 is 5.97 Å². The fraction of sp³-hybridized carbons (Fsp3) is 0.353. The molecule has 0 spiro atoms. The molecular weight excluding hydrogens is 296 g/mol. The van der Waals surface area contributed by atoms with Gasteiger partial charge >= 0.3 is 5.69 Å². The Bertz CT molecular complexity index is 819. The van der Waals surface area contributed by atoms with E-state index < -0.39 is 23.3 Å². The fourth-order valence-electron chi connectivity index (χ4n) is 2.69. The first kappa shape index (κ1) is 16.7. The second kappa shape index (κ2) is 6.64. The van der Waals surface area contributed by atoms with E-state index in [2.05, 4.69) is 4.98 Å². The van der Waals surface area contributed by atoms with Gasteiger partial charge in [0, 0.05) is 17.7 Å². The van der Waals surface area contributed by atoms with Crippen LogP contribution in [0.3, 0.4) is 0 Å². The number of H-pyrrole nitrogens is 1. The molecule has 2 aromatic rings. The Morgan fingerprint density at radius 2 is 1.78 bits per heavy atom. The van der Waals surface area contributed by atoms with E-state index in [1.54, 1.807) is 0 Å². The predicted octanol–water partition coefficient (Wildman–Crippen LogP) is 0.562. The van der Waals surface area contributed by atoms with Crippen molar-refractivity contribution in [2.75, 3.05) is 0 Å². The number of carboxylic acid groups (broad SMARTS) is 1. The number of benzene rings is 1. The highest BCUT2D eigenvalue weighted by molar-refractivity contribution is 5.69. The first-order valence-electron chi connectivity index (χ1n) is 7.45. The summed E-state index contributed by atoms with van der Waals surface area (Å²) >= 11 is 0. The molecule has 6 heteroatoms. The van der Waals surface area contributed by atoms with Crippen LogP contribution in [0, 0.1) is 0 Å². The molecule has 1 aromatic heterocycles. The zero-order valence-electron chi connectivity index (χ0n) is 13.3. The molecule has 1 N–H and O–H groups in total. The topological polar surface area (TPSA) is 95.0 Å². The molecule has 122 valence electrons. The SMILES string of the molecule is CC(C)c1c(Cc2ccccc2)n(C(C)C(=O)[O-])c(=O)[nH]c1=O. The van der Waals surface area contributed by atoms with Gasteiger partial charge < -0.3 is 9.90 Å². The molecule has 1 heterocycles. The quantitative estimate of drug-likeness (QED) is 0.872. The number of carboxylic acids is 1. The monoisotopic (exact) mass is 315 g/mol. The average molecular weight is 315 g/mol. The van der Waals surface area contributed by atoms with Crippen LogP contribution in [0.15, 0.2) is 39.9 Å². The minimum atomic E-state index is -1.37. The number of nitrogens with one attached hydrogen (secondary N) is 1. The maximum absolute atomic E-state index is 12.2. The van der Waals surface area contributed by atoms with Crippen LogP contribution in [0.25, 0.3) is 0 Å². The Labute approximate surface area is 133 Å². The van der Waals surface area contributed by atoms with Gasteiger partial charge in [-0.3, -0.25) is 14.3 Å². The Morgan fingerprint density at radius 1 is 1.17 bits per heavy atom. The summed E-state index contributed by atoms with van der Waals surface area (Å²) in [5.74, 6) is -1.53. The maximum atomic E-state index is 12.2. The van der Waals surface area contributed by atoms with Crippen molar-refractivity contribution in [1.82, 2.24) is 9.55 Å². The minimum absolute atomic E-state index is 0.154. The van der Waals surface area contributed by atoms with Crippen molar-refractivity contribution in [2.45, 2.75) is 39.2 Å². The van der Waals surface area contributed by atoms with Crippen LogP contribution < -0.4 is 16.4 Å². The predicted molar refractivity (Wildman–Crippen MR) is 84.4 cm³/mol. The van der Waals surface area contributed by atoms with Gasteiger partial charge in [0.05, 0.1) is 12.0 Å². The van der Waals surface area contributed by atoms with Gasteiger partial charge in [-0.1, -0.05) is 44.2 Å². The lowest BCUT2D eigenvalue weighted by Gasteiger charge is -2.23. The first-order chi connectivity index (χ1) is 10.8. The highest BCUT2D eigenvalue weighted by Crippen LogP contribution is 2.20. The van der Waals surface area contributed by atoms with E-state index in [0.717, 1.165) is 10.1 Å². The molecular formula is C17H19N2O4-. The second-order valence-electron chi connectivity index (χ2n) is 5.80. The highest BCUT2D eigenvalue weighted by Gasteiger charge is 2.21. The number of carbonyl (C=O) groups is 1. The van der Waals surface area contributed by atoms with Gasteiger partial charge in [0.2, 0.25) is 0 Å². The van der Waals surface area contributed by atoms with Crippen molar-refractivity contribution in [2.24, 2.45) is 0 Å². The van der Waals surface area contributed by atoms with Gasteiger partial charge in [-0.05, 0) is 18.4 Å². The van der Waals surface area contributed by atoms with Crippen molar-refractivity contribution in [3.8, 4) is 0 Å². The standard InChI is InChI=1S/C17H20N2O4/c1-10(2)14-13(9-12-7-5-4-6-8-12)19(11(3)16(21)22)17(23)18-15(14)20/h4-8,10-11H,9H2,1-3H3,(H,21,22)(H,18,20,23)/p-1. The summed E-state index contributed by atoms with van der Waals surface area (Å²) < 4.78 is 1.11. The van der Waals surface area contributed by atoms with Gasteiger partial charge in [-0.15, -0.1) is 0 Å². The maximum Gasteiger partial charge on any atom is 0.329 e. The first-order valence-corrected chi connectivity index (χ1v) is 7.45. The van der Waals surface area contributed by atoms with Crippen LogP contribution in [0.5, 0.6) is 0 Å². The number of aliphatic carboxylic acids is 1. The molecule has 0 radical (unpaired) electrons. The van der Waals surface area contributed by atoms with Gasteiger partial charge in [-0.25, -0.2) is 4.79 Å². The third-order valence-electron chi connectivity index (χ3n) is 3.81. The zero-order chi connectivity index (χ0) is 17.1. The van der Waals surface area contributed by atoms with Gasteiger partial charge in [-0.2, -0.15) is 0 Å². The van der Waals surface area contributed by atoms with E-state index in [1.807, 2.05) is 44.2 Å². The third kappa shape index (κ3) is 3.41. The Hall–Kier alpha value is -2.63. The van der Waals surface area contributed by atoms with E-state index in [1.165, 1.54) is 6.92 Å². The number of carbonyl (C=O) groups excluding carboxylic acids is 1. The Morgan fingerprint density at radius 3 is 2.30 bits per heavy atom. The summed E-state index contributed by atoms with van der Waals surface area (Å²) in [6, 6.07) is 8.12. The van der Waals surface area contributed by atoms with E-state index in [4.69, 9.17) is 0 Å². The van der Waals surface area contributed by atoms with Crippen LogP contribution in [0.2, 0.25) is 0 Å². The van der Waals surface area contributed by atoms with Crippen molar-refractivity contribution in [3.05, 3.63) is 68.0 Å². The van der Waals surface area contributed by atoms with Crippen molar-refractivity contribution in [1.29, 1.82) is 0 Å². The molecule has 1 unspecified atom stereocenters. The molecule has 0 bridgehead atoms. The average Bonchev–Trinajstić information content (AvgIpc) is 2.47. The zero-order valence-corrected chi connectivity index (χ0v) is 13.3. The van der Waals surface area contributed by atoms with Gasteiger partial charge in [0.1, 0.15) is 0 Å². The summed E-state index contributed by atoms with van der Waals surface area (Å²) in [4.78, 5) is 37.9. The molecule has 0 fully saturated rings. The van der Waals surface area contributed by atoms with E-state index in [-0.39, 0.29) is 5.92 Å². The summed E-state index contributed by atoms with van der Waals surface area (Å²) in [6.45, 7) is 5.03. The number of hydrogen-bond acceptors (Lipinski definition) is 4. The lowest BCUT2D eigenvalue weighted by Crippen LogP contribution is -2.43. The van der Waals surface area contributed by atoms with E-state index in [9.17, 15) is 19.5 Å². The van der Waals surface area contributed by atoms with Crippen molar-refractivity contribution < 1.29 is 9.90 Å². The van der Waals surface area contributed by atoms with Gasteiger partial charge in [0.15, 0.2) is 0 Å². The Kier molecular flexibility index (Phi) is 4.83. The number of hydrogen-bond donors (Lipinski definition) is 1. The molecule has 0 saturated carbocycles. The van der Waals surface area contributed by atoms with Crippen molar-refractivity contribution in [3.63, 3.8) is 0 Å². The minimum Gasteiger partial charge on any atom is -0.548 e. The van der Waals surface area contributed by atoms with Crippen LogP contribution in [0.4, 0.5) is 0 Å². The molecule has 2 rings (SSSR count). The largest absolute Gasteiger partial charge is 0.548 e. The number of aromatic amines is 1. The molecule has 0 aliphatic rings. The normalized spacial score (nSPS) is 12.3. The smallest absolute Gasteiger partial charge is 0.329 e. The lowest BCUT2D eigenvalue weighted by molar-refractivity contribution is -0.309. The van der Waals surface area contributed by atoms with Crippen LogP contribution in [-0.2, 0) is 11.2 Å². The molecule has 1 atom stereocenters. The van der Waals surface area contributed by atoms with Crippen LogP contribution >= 0.6 is 0 Å². The fourth-order valence-corrected chi connectivity index (χ4v) is 2.69. The summed E-state index contributed by atoms with van der Waals surface area (Å²) in [7, 11) is 0. The number of aromatic nitrogens is 2.